The number of carbonyl (C=O) groups is 1. The monoisotopic (exact) mass is 322 g/mol. The smallest absolute Gasteiger partial charge is 0.253 e. The predicted molar refractivity (Wildman–Crippen MR) is 98.3 cm³/mol. The number of carbonyl (C=O) groups excluding carboxylic acids is 1. The number of pyridine rings is 1. The lowest BCUT2D eigenvalue weighted by Gasteiger charge is -2.15. The molecular formula is C20H22N2O2. The highest BCUT2D eigenvalue weighted by molar-refractivity contribution is 5.99. The second-order valence-corrected chi connectivity index (χ2v) is 5.80. The van der Waals surface area contributed by atoms with Crippen molar-refractivity contribution in [2.45, 2.75) is 13.8 Å². The normalized spacial score (nSPS) is 13.2. The summed E-state index contributed by atoms with van der Waals surface area (Å²) >= 11 is 0. The molecule has 124 valence electrons. The molecular weight excluding hydrogens is 300 g/mol. The number of fused-ring (bicyclic) bond motifs is 1. The van der Waals surface area contributed by atoms with Gasteiger partial charge in [-0.05, 0) is 43.2 Å². The molecule has 2 aromatic rings. The van der Waals surface area contributed by atoms with Crippen molar-refractivity contribution in [1.82, 2.24) is 9.47 Å². The van der Waals surface area contributed by atoms with Crippen LogP contribution < -0.4 is 5.56 Å². The van der Waals surface area contributed by atoms with E-state index >= 15 is 0 Å². The molecule has 0 bridgehead atoms. The molecule has 1 amide bonds. The van der Waals surface area contributed by atoms with Crippen molar-refractivity contribution in [3.05, 3.63) is 81.4 Å². The van der Waals surface area contributed by atoms with Gasteiger partial charge >= 0.3 is 0 Å². The molecule has 0 saturated heterocycles. The molecule has 0 N–H and O–H groups in total. The molecule has 0 radical (unpaired) electrons. The molecule has 0 unspecified atom stereocenters. The molecule has 0 fully saturated rings. The van der Waals surface area contributed by atoms with Crippen LogP contribution in [0.3, 0.4) is 0 Å². The van der Waals surface area contributed by atoms with Gasteiger partial charge in [-0.25, -0.2) is 0 Å². The molecule has 4 heteroatoms. The Hall–Kier alpha value is -2.88. The molecule has 1 aliphatic heterocycles. The highest BCUT2D eigenvalue weighted by Gasteiger charge is 2.11. The third-order valence-corrected chi connectivity index (χ3v) is 3.82. The highest BCUT2D eigenvalue weighted by atomic mass is 16.2. The summed E-state index contributed by atoms with van der Waals surface area (Å²) in [6, 6.07) is 11.7. The third-order valence-electron chi connectivity index (χ3n) is 3.82. The van der Waals surface area contributed by atoms with Gasteiger partial charge in [0.25, 0.3) is 11.5 Å². The fourth-order valence-corrected chi connectivity index (χ4v) is 2.36. The first-order valence-electron chi connectivity index (χ1n) is 7.75. The van der Waals surface area contributed by atoms with Crippen molar-refractivity contribution in [3.8, 4) is 0 Å². The van der Waals surface area contributed by atoms with Crippen LogP contribution in [-0.4, -0.2) is 22.4 Å². The molecule has 0 spiro atoms. The van der Waals surface area contributed by atoms with Crippen molar-refractivity contribution in [1.29, 1.82) is 0 Å². The van der Waals surface area contributed by atoms with E-state index in [1.807, 2.05) is 62.4 Å². The number of amides is 1. The van der Waals surface area contributed by atoms with E-state index in [1.165, 1.54) is 0 Å². The maximum Gasteiger partial charge on any atom is 0.253 e. The van der Waals surface area contributed by atoms with Gasteiger partial charge in [0.15, 0.2) is 0 Å². The molecule has 2 heterocycles. The average Bonchev–Trinajstić information content (AvgIpc) is 2.57. The second-order valence-electron chi connectivity index (χ2n) is 5.80. The number of hydrogen-bond donors (Lipinski definition) is 0. The summed E-state index contributed by atoms with van der Waals surface area (Å²) in [5, 5.41) is 0. The van der Waals surface area contributed by atoms with Gasteiger partial charge in [0.1, 0.15) is 0 Å². The Kier molecular flexibility index (Phi) is 5.53. The van der Waals surface area contributed by atoms with Crippen LogP contribution in [-0.2, 0) is 11.8 Å². The average molecular weight is 322 g/mol. The van der Waals surface area contributed by atoms with Crippen LogP contribution in [0.15, 0.2) is 59.2 Å². The van der Waals surface area contributed by atoms with Crippen molar-refractivity contribution in [2.75, 3.05) is 7.05 Å². The van der Waals surface area contributed by atoms with Crippen molar-refractivity contribution in [2.24, 2.45) is 7.05 Å². The number of likely N-dealkylation sites (N-methyl/N-ethyl adjacent to an activating group) is 1. The molecule has 4 nitrogen and oxygen atoms in total. The molecule has 0 aliphatic carbocycles. The maximum atomic E-state index is 11.7. The highest BCUT2D eigenvalue weighted by Crippen LogP contribution is 2.18. The van der Waals surface area contributed by atoms with Gasteiger partial charge in [0, 0.05) is 37.6 Å². The number of hydrogen-bond acceptors (Lipinski definition) is 2. The van der Waals surface area contributed by atoms with E-state index in [1.54, 1.807) is 36.0 Å². The van der Waals surface area contributed by atoms with Crippen molar-refractivity contribution in [3.63, 3.8) is 0 Å². The fourth-order valence-electron chi connectivity index (χ4n) is 2.36. The Morgan fingerprint density at radius 3 is 2.17 bits per heavy atom. The Balaban J connectivity index is 0.000000198. The van der Waals surface area contributed by atoms with Gasteiger partial charge in [-0.15, -0.1) is 0 Å². The first kappa shape index (κ1) is 17.5. The molecule has 1 aromatic carbocycles. The van der Waals surface area contributed by atoms with Crippen molar-refractivity contribution < 1.29 is 4.79 Å². The first-order chi connectivity index (χ1) is 11.4. The SMILES string of the molecule is CC1=Cc2ccccc2C=CN(C)C1=O.Cc1cccn(C)c1=O. The lowest BCUT2D eigenvalue weighted by molar-refractivity contribution is -0.123. The minimum Gasteiger partial charge on any atom is -0.318 e. The van der Waals surface area contributed by atoms with Crippen LogP contribution in [0.2, 0.25) is 0 Å². The molecule has 1 aliphatic rings. The number of benzene rings is 1. The zero-order valence-electron chi connectivity index (χ0n) is 14.5. The summed E-state index contributed by atoms with van der Waals surface area (Å²) in [5.74, 6) is 0.0424. The van der Waals surface area contributed by atoms with Crippen LogP contribution >= 0.6 is 0 Å². The largest absolute Gasteiger partial charge is 0.318 e. The Morgan fingerprint density at radius 2 is 1.54 bits per heavy atom. The summed E-state index contributed by atoms with van der Waals surface area (Å²) in [5.41, 5.74) is 3.86. The topological polar surface area (TPSA) is 42.3 Å². The molecule has 0 saturated carbocycles. The zero-order chi connectivity index (χ0) is 17.7. The molecule has 0 atom stereocenters. The lowest BCUT2D eigenvalue weighted by atomic mass is 10.0. The van der Waals surface area contributed by atoms with E-state index in [0.717, 1.165) is 22.3 Å². The summed E-state index contributed by atoms with van der Waals surface area (Å²) < 4.78 is 1.56. The number of aromatic nitrogens is 1. The number of nitrogens with zero attached hydrogens (tertiary/aromatic N) is 2. The van der Waals surface area contributed by atoms with E-state index in [9.17, 15) is 9.59 Å². The molecule has 24 heavy (non-hydrogen) atoms. The standard InChI is InChI=1S/C13H13NO.C7H9NO/c1-10-9-12-6-4-3-5-11(12)7-8-14(2)13(10)15;1-6-4-3-5-8(2)7(6)9/h3-9H,1-2H3;3-5H,1-2H3. The van der Waals surface area contributed by atoms with Gasteiger partial charge in [0.2, 0.25) is 0 Å². The van der Waals surface area contributed by atoms with E-state index in [4.69, 9.17) is 0 Å². The van der Waals surface area contributed by atoms with E-state index in [2.05, 4.69) is 0 Å². The minimum absolute atomic E-state index is 0.0424. The quantitative estimate of drug-likeness (QED) is 0.747. The van der Waals surface area contributed by atoms with E-state index < -0.39 is 0 Å². The third kappa shape index (κ3) is 4.10. The van der Waals surface area contributed by atoms with Gasteiger partial charge in [-0.3, -0.25) is 9.59 Å². The number of rotatable bonds is 0. The maximum absolute atomic E-state index is 11.7. The molecule has 3 rings (SSSR count). The van der Waals surface area contributed by atoms with E-state index in [0.29, 0.717) is 0 Å². The van der Waals surface area contributed by atoms with Gasteiger partial charge < -0.3 is 9.47 Å². The van der Waals surface area contributed by atoms with Gasteiger partial charge in [0.05, 0.1) is 0 Å². The summed E-state index contributed by atoms with van der Waals surface area (Å²) in [4.78, 5) is 24.2. The second kappa shape index (κ2) is 7.59. The Labute approximate surface area is 142 Å². The minimum atomic E-state index is 0.0424. The summed E-state index contributed by atoms with van der Waals surface area (Å²) in [7, 11) is 3.51. The number of aryl methyl sites for hydroxylation is 2. The molecule has 1 aromatic heterocycles. The van der Waals surface area contributed by atoms with Crippen LogP contribution in [0, 0.1) is 6.92 Å². The summed E-state index contributed by atoms with van der Waals surface area (Å²) in [6.07, 6.45) is 7.43. The van der Waals surface area contributed by atoms with Crippen molar-refractivity contribution >= 4 is 18.1 Å². The van der Waals surface area contributed by atoms with Gasteiger partial charge in [-0.1, -0.05) is 30.3 Å². The fraction of sp³-hybridized carbons (Fsp3) is 0.200. The first-order valence-corrected chi connectivity index (χ1v) is 7.75. The van der Waals surface area contributed by atoms with Gasteiger partial charge in [-0.2, -0.15) is 0 Å². The van der Waals surface area contributed by atoms with Crippen LogP contribution in [0.1, 0.15) is 23.6 Å². The Bertz CT molecular complexity index is 837. The van der Waals surface area contributed by atoms with Crippen LogP contribution in [0.5, 0.6) is 0 Å². The van der Waals surface area contributed by atoms with Crippen LogP contribution in [0.25, 0.3) is 12.2 Å². The predicted octanol–water partition coefficient (Wildman–Crippen LogP) is 3.23. The van der Waals surface area contributed by atoms with Crippen LogP contribution in [0.4, 0.5) is 0 Å². The lowest BCUT2D eigenvalue weighted by Crippen LogP contribution is -2.22. The van der Waals surface area contributed by atoms with E-state index in [-0.39, 0.29) is 11.5 Å². The summed E-state index contributed by atoms with van der Waals surface area (Å²) in [6.45, 7) is 3.65. The Morgan fingerprint density at radius 1 is 0.875 bits per heavy atom. The zero-order valence-corrected chi connectivity index (χ0v) is 14.5.